The number of para-hydroxylation sites is 1. The molecule has 3 rings (SSSR count). The molecule has 1 aliphatic rings. The Morgan fingerprint density at radius 3 is 2.16 bits per heavy atom. The van der Waals surface area contributed by atoms with Crippen molar-refractivity contribution in [1.82, 2.24) is 4.90 Å². The summed E-state index contributed by atoms with van der Waals surface area (Å²) in [5.41, 5.74) is 0.767. The highest BCUT2D eigenvalue weighted by molar-refractivity contribution is 5.98. The number of benzene rings is 2. The van der Waals surface area contributed by atoms with Crippen LogP contribution >= 0.6 is 0 Å². The van der Waals surface area contributed by atoms with Gasteiger partial charge in [-0.05, 0) is 25.0 Å². The van der Waals surface area contributed by atoms with Crippen molar-refractivity contribution in [3.8, 4) is 5.75 Å². The molecule has 1 aliphatic heterocycles. The summed E-state index contributed by atoms with van der Waals surface area (Å²) in [4.78, 5) is 26.6. The average molecular weight is 337 g/mol. The topological polar surface area (TPSA) is 46.6 Å². The molecule has 1 heterocycles. The van der Waals surface area contributed by atoms with Crippen molar-refractivity contribution in [2.24, 2.45) is 5.92 Å². The van der Waals surface area contributed by atoms with Gasteiger partial charge in [-0.15, -0.1) is 0 Å². The van der Waals surface area contributed by atoms with Crippen LogP contribution in [0.4, 0.5) is 0 Å². The van der Waals surface area contributed by atoms with E-state index in [2.05, 4.69) is 0 Å². The lowest BCUT2D eigenvalue weighted by atomic mass is 9.89. The molecule has 0 spiro atoms. The number of carbonyl (C=O) groups excluding carboxylic acids is 2. The molecule has 0 N–H and O–H groups in total. The smallest absolute Gasteiger partial charge is 0.225 e. The molecule has 4 nitrogen and oxygen atoms in total. The van der Waals surface area contributed by atoms with Crippen molar-refractivity contribution < 1.29 is 14.3 Å². The summed E-state index contributed by atoms with van der Waals surface area (Å²) >= 11 is 0. The van der Waals surface area contributed by atoms with Gasteiger partial charge in [0.05, 0.1) is 13.0 Å². The second-order valence-electron chi connectivity index (χ2n) is 6.30. The van der Waals surface area contributed by atoms with Gasteiger partial charge in [0, 0.05) is 24.6 Å². The van der Waals surface area contributed by atoms with Gasteiger partial charge in [0.25, 0.3) is 0 Å². The second kappa shape index (κ2) is 8.47. The number of carbonyl (C=O) groups is 2. The molecule has 0 atom stereocenters. The molecule has 1 amide bonds. The van der Waals surface area contributed by atoms with E-state index in [-0.39, 0.29) is 17.6 Å². The van der Waals surface area contributed by atoms with E-state index >= 15 is 0 Å². The van der Waals surface area contributed by atoms with Crippen molar-refractivity contribution >= 4 is 11.7 Å². The number of ether oxygens (including phenoxy) is 1. The fourth-order valence-corrected chi connectivity index (χ4v) is 3.16. The normalized spacial score (nSPS) is 15.0. The lowest BCUT2D eigenvalue weighted by Crippen LogP contribution is -2.40. The standard InChI is InChI=1S/C21H23NO3/c23-20(13-16-25-19-9-5-2-6-10-19)22-14-11-18(12-15-22)21(24)17-7-3-1-4-8-17/h1-10,18H,11-16H2. The molecule has 0 unspecified atom stereocenters. The number of rotatable bonds is 6. The van der Waals surface area contributed by atoms with Crippen LogP contribution in [-0.4, -0.2) is 36.3 Å². The molecule has 130 valence electrons. The molecule has 25 heavy (non-hydrogen) atoms. The van der Waals surface area contributed by atoms with Crippen LogP contribution in [-0.2, 0) is 4.79 Å². The molecular formula is C21H23NO3. The van der Waals surface area contributed by atoms with E-state index < -0.39 is 0 Å². The lowest BCUT2D eigenvalue weighted by molar-refractivity contribution is -0.132. The minimum Gasteiger partial charge on any atom is -0.493 e. The van der Waals surface area contributed by atoms with Crippen LogP contribution in [0, 0.1) is 5.92 Å². The Morgan fingerprint density at radius 2 is 1.52 bits per heavy atom. The quantitative estimate of drug-likeness (QED) is 0.757. The Kier molecular flexibility index (Phi) is 5.83. The summed E-state index contributed by atoms with van der Waals surface area (Å²) in [6.45, 7) is 1.67. The van der Waals surface area contributed by atoms with Gasteiger partial charge in [-0.2, -0.15) is 0 Å². The van der Waals surface area contributed by atoms with E-state index in [1.165, 1.54) is 0 Å². The summed E-state index contributed by atoms with van der Waals surface area (Å²) in [6, 6.07) is 18.9. The number of ketones is 1. The molecule has 2 aromatic rings. The molecular weight excluding hydrogens is 314 g/mol. The van der Waals surface area contributed by atoms with E-state index in [1.54, 1.807) is 0 Å². The minimum atomic E-state index is 0.0204. The molecule has 1 saturated heterocycles. The Morgan fingerprint density at radius 1 is 0.920 bits per heavy atom. The fraction of sp³-hybridized carbons (Fsp3) is 0.333. The monoisotopic (exact) mass is 337 g/mol. The predicted octanol–water partition coefficient (Wildman–Crippen LogP) is 3.58. The molecule has 1 fully saturated rings. The molecule has 0 saturated carbocycles. The van der Waals surface area contributed by atoms with Gasteiger partial charge in [0.2, 0.25) is 5.91 Å². The van der Waals surface area contributed by atoms with Crippen LogP contribution in [0.15, 0.2) is 60.7 Å². The zero-order valence-electron chi connectivity index (χ0n) is 14.3. The number of piperidine rings is 1. The van der Waals surface area contributed by atoms with E-state index in [9.17, 15) is 9.59 Å². The third kappa shape index (κ3) is 4.69. The summed E-state index contributed by atoms with van der Waals surface area (Å²) in [7, 11) is 0. The Bertz CT molecular complexity index is 692. The zero-order chi connectivity index (χ0) is 17.5. The van der Waals surface area contributed by atoms with Crippen molar-refractivity contribution in [2.75, 3.05) is 19.7 Å². The van der Waals surface area contributed by atoms with Crippen LogP contribution in [0.3, 0.4) is 0 Å². The van der Waals surface area contributed by atoms with Gasteiger partial charge in [0.1, 0.15) is 5.75 Å². The Labute approximate surface area is 148 Å². The van der Waals surface area contributed by atoms with Gasteiger partial charge in [-0.1, -0.05) is 48.5 Å². The van der Waals surface area contributed by atoms with Crippen molar-refractivity contribution in [1.29, 1.82) is 0 Å². The van der Waals surface area contributed by atoms with E-state index in [0.717, 1.165) is 24.2 Å². The van der Waals surface area contributed by atoms with E-state index in [1.807, 2.05) is 65.6 Å². The third-order valence-corrected chi connectivity index (χ3v) is 4.60. The average Bonchev–Trinajstić information content (AvgIpc) is 2.69. The lowest BCUT2D eigenvalue weighted by Gasteiger charge is -2.31. The predicted molar refractivity (Wildman–Crippen MR) is 96.6 cm³/mol. The number of nitrogens with zero attached hydrogens (tertiary/aromatic N) is 1. The largest absolute Gasteiger partial charge is 0.493 e. The maximum absolute atomic E-state index is 12.5. The van der Waals surface area contributed by atoms with Crippen LogP contribution in [0.25, 0.3) is 0 Å². The van der Waals surface area contributed by atoms with Crippen molar-refractivity contribution in [3.05, 3.63) is 66.2 Å². The highest BCUT2D eigenvalue weighted by Crippen LogP contribution is 2.22. The SMILES string of the molecule is O=C(c1ccccc1)C1CCN(C(=O)CCOc2ccccc2)CC1. The number of amides is 1. The van der Waals surface area contributed by atoms with Gasteiger partial charge >= 0.3 is 0 Å². The van der Waals surface area contributed by atoms with Gasteiger partial charge in [-0.25, -0.2) is 0 Å². The molecule has 0 aliphatic carbocycles. The van der Waals surface area contributed by atoms with Crippen molar-refractivity contribution in [3.63, 3.8) is 0 Å². The summed E-state index contributed by atoms with van der Waals surface area (Å²) < 4.78 is 5.58. The maximum Gasteiger partial charge on any atom is 0.225 e. The van der Waals surface area contributed by atoms with Crippen LogP contribution in [0.2, 0.25) is 0 Å². The third-order valence-electron chi connectivity index (χ3n) is 4.60. The first-order valence-electron chi connectivity index (χ1n) is 8.79. The maximum atomic E-state index is 12.5. The first-order valence-corrected chi connectivity index (χ1v) is 8.79. The molecule has 0 aromatic heterocycles. The van der Waals surface area contributed by atoms with Crippen molar-refractivity contribution in [2.45, 2.75) is 19.3 Å². The molecule has 0 bridgehead atoms. The van der Waals surface area contributed by atoms with Gasteiger partial charge in [0.15, 0.2) is 5.78 Å². The molecule has 4 heteroatoms. The first kappa shape index (κ1) is 17.2. The van der Waals surface area contributed by atoms with E-state index in [0.29, 0.717) is 26.1 Å². The zero-order valence-corrected chi connectivity index (χ0v) is 14.3. The summed E-state index contributed by atoms with van der Waals surface area (Å²) in [5, 5.41) is 0. The van der Waals surface area contributed by atoms with Crippen LogP contribution in [0.5, 0.6) is 5.75 Å². The molecule has 0 radical (unpaired) electrons. The summed E-state index contributed by atoms with van der Waals surface area (Å²) in [5.74, 6) is 1.09. The van der Waals surface area contributed by atoms with E-state index in [4.69, 9.17) is 4.74 Å². The number of Topliss-reactive ketones (excluding diaryl/α,β-unsaturated/α-hetero) is 1. The second-order valence-corrected chi connectivity index (χ2v) is 6.30. The van der Waals surface area contributed by atoms with Gasteiger partial charge in [-0.3, -0.25) is 9.59 Å². The number of hydrogen-bond donors (Lipinski definition) is 0. The number of hydrogen-bond acceptors (Lipinski definition) is 3. The molecule has 2 aromatic carbocycles. The number of likely N-dealkylation sites (tertiary alicyclic amines) is 1. The van der Waals surface area contributed by atoms with Gasteiger partial charge < -0.3 is 9.64 Å². The minimum absolute atomic E-state index is 0.0204. The fourth-order valence-electron chi connectivity index (χ4n) is 3.16. The van der Waals surface area contributed by atoms with Crippen LogP contribution in [0.1, 0.15) is 29.6 Å². The Hall–Kier alpha value is -2.62. The highest BCUT2D eigenvalue weighted by atomic mass is 16.5. The highest BCUT2D eigenvalue weighted by Gasteiger charge is 2.27. The van der Waals surface area contributed by atoms with Crippen LogP contribution < -0.4 is 4.74 Å². The first-order chi connectivity index (χ1) is 12.2. The summed E-state index contributed by atoms with van der Waals surface area (Å²) in [6.07, 6.45) is 1.84. The Balaban J connectivity index is 1.42.